The largest absolute Gasteiger partial charge is 0.707 e. The Labute approximate surface area is 103 Å². The zero-order valence-corrected chi connectivity index (χ0v) is 9.75. The zero-order chi connectivity index (χ0) is 13.7. The van der Waals surface area contributed by atoms with Crippen LogP contribution in [0.15, 0.2) is 18.2 Å². The van der Waals surface area contributed by atoms with Crippen LogP contribution in [-0.4, -0.2) is 43.5 Å². The number of benzene rings is 1. The van der Waals surface area contributed by atoms with E-state index in [9.17, 15) is 9.59 Å². The van der Waals surface area contributed by atoms with Gasteiger partial charge >= 0.3 is 19.3 Å². The average molecular weight is 254 g/mol. The standard InChI is InChI=1S/C10H11BO7/c1-16-9(12)7-4-3-6(18-11(14)15)5-8(7)10(13)17-2/h3-5,14-15H,1-2H3. The van der Waals surface area contributed by atoms with Crippen LogP contribution in [0.25, 0.3) is 0 Å². The van der Waals surface area contributed by atoms with Crippen LogP contribution in [0.1, 0.15) is 20.7 Å². The Morgan fingerprint density at radius 2 is 1.61 bits per heavy atom. The summed E-state index contributed by atoms with van der Waals surface area (Å²) in [6.45, 7) is 0. The number of rotatable bonds is 4. The van der Waals surface area contributed by atoms with Gasteiger partial charge in [-0.15, -0.1) is 0 Å². The van der Waals surface area contributed by atoms with E-state index in [-0.39, 0.29) is 16.9 Å². The maximum Gasteiger partial charge on any atom is 0.707 e. The molecule has 0 heterocycles. The van der Waals surface area contributed by atoms with E-state index < -0.39 is 19.3 Å². The maximum absolute atomic E-state index is 11.5. The Morgan fingerprint density at radius 1 is 1.06 bits per heavy atom. The van der Waals surface area contributed by atoms with E-state index in [2.05, 4.69) is 14.1 Å². The molecule has 0 radical (unpaired) electrons. The third kappa shape index (κ3) is 3.22. The first-order valence-corrected chi connectivity index (χ1v) is 4.83. The summed E-state index contributed by atoms with van der Waals surface area (Å²) in [5, 5.41) is 17.3. The highest BCUT2D eigenvalue weighted by Crippen LogP contribution is 2.20. The van der Waals surface area contributed by atoms with Crippen molar-refractivity contribution in [2.24, 2.45) is 0 Å². The van der Waals surface area contributed by atoms with Crippen molar-refractivity contribution < 1.29 is 33.8 Å². The number of ether oxygens (including phenoxy) is 2. The van der Waals surface area contributed by atoms with Crippen molar-refractivity contribution >= 4 is 19.3 Å². The van der Waals surface area contributed by atoms with E-state index in [1.165, 1.54) is 19.2 Å². The molecule has 0 spiro atoms. The van der Waals surface area contributed by atoms with Crippen LogP contribution in [0.5, 0.6) is 5.75 Å². The Morgan fingerprint density at radius 3 is 2.11 bits per heavy atom. The second kappa shape index (κ2) is 6.03. The Bertz CT molecular complexity index is 458. The Kier molecular flexibility index (Phi) is 4.70. The minimum Gasteiger partial charge on any atom is -0.512 e. The van der Waals surface area contributed by atoms with Crippen molar-refractivity contribution in [3.05, 3.63) is 29.3 Å². The van der Waals surface area contributed by atoms with Gasteiger partial charge in [0.15, 0.2) is 0 Å². The van der Waals surface area contributed by atoms with Crippen molar-refractivity contribution in [3.63, 3.8) is 0 Å². The number of hydrogen-bond donors (Lipinski definition) is 2. The Balaban J connectivity index is 3.20. The molecular weight excluding hydrogens is 243 g/mol. The molecule has 0 saturated carbocycles. The lowest BCUT2D eigenvalue weighted by Gasteiger charge is -2.09. The van der Waals surface area contributed by atoms with E-state index in [0.717, 1.165) is 13.2 Å². The van der Waals surface area contributed by atoms with Gasteiger partial charge in [0.2, 0.25) is 0 Å². The minimum absolute atomic E-state index is 0.00180. The fourth-order valence-corrected chi connectivity index (χ4v) is 1.29. The highest BCUT2D eigenvalue weighted by Gasteiger charge is 2.20. The molecule has 2 N–H and O–H groups in total. The molecule has 18 heavy (non-hydrogen) atoms. The lowest BCUT2D eigenvalue weighted by atomic mass is 10.1. The first-order valence-electron chi connectivity index (χ1n) is 4.83. The van der Waals surface area contributed by atoms with Crippen LogP contribution >= 0.6 is 0 Å². The van der Waals surface area contributed by atoms with Crippen LogP contribution < -0.4 is 4.65 Å². The van der Waals surface area contributed by atoms with E-state index in [4.69, 9.17) is 10.0 Å². The number of carbonyl (C=O) groups is 2. The van der Waals surface area contributed by atoms with Crippen molar-refractivity contribution in [2.45, 2.75) is 0 Å². The molecule has 0 saturated heterocycles. The molecule has 1 aromatic carbocycles. The van der Waals surface area contributed by atoms with Crippen LogP contribution in [-0.2, 0) is 9.47 Å². The van der Waals surface area contributed by atoms with Crippen molar-refractivity contribution in [1.29, 1.82) is 0 Å². The van der Waals surface area contributed by atoms with E-state index >= 15 is 0 Å². The first-order chi connectivity index (χ1) is 8.49. The fourth-order valence-electron chi connectivity index (χ4n) is 1.29. The predicted octanol–water partition coefficient (Wildman–Crippen LogP) is -0.392. The summed E-state index contributed by atoms with van der Waals surface area (Å²) in [4.78, 5) is 22.9. The molecule has 1 rings (SSSR count). The number of hydrogen-bond acceptors (Lipinski definition) is 7. The zero-order valence-electron chi connectivity index (χ0n) is 9.75. The van der Waals surface area contributed by atoms with Gasteiger partial charge in [-0.05, 0) is 18.2 Å². The molecular formula is C10H11BO7. The summed E-state index contributed by atoms with van der Waals surface area (Å²) < 4.78 is 13.6. The molecule has 96 valence electrons. The topological polar surface area (TPSA) is 102 Å². The summed E-state index contributed by atoms with van der Waals surface area (Å²) >= 11 is 0. The second-order valence-corrected chi connectivity index (χ2v) is 3.13. The van der Waals surface area contributed by atoms with Gasteiger partial charge in [0.25, 0.3) is 0 Å². The molecule has 0 amide bonds. The summed E-state index contributed by atoms with van der Waals surface area (Å²) in [5.41, 5.74) is -0.105. The molecule has 7 nitrogen and oxygen atoms in total. The van der Waals surface area contributed by atoms with Crippen molar-refractivity contribution in [1.82, 2.24) is 0 Å². The molecule has 1 aromatic rings. The van der Waals surface area contributed by atoms with Crippen LogP contribution in [0, 0.1) is 0 Å². The third-order valence-electron chi connectivity index (χ3n) is 2.04. The smallest absolute Gasteiger partial charge is 0.512 e. The molecule has 0 bridgehead atoms. The molecule has 0 aliphatic carbocycles. The van der Waals surface area contributed by atoms with Crippen LogP contribution in [0.2, 0.25) is 0 Å². The average Bonchev–Trinajstić information content (AvgIpc) is 2.36. The molecule has 8 heteroatoms. The van der Waals surface area contributed by atoms with Gasteiger partial charge in [-0.25, -0.2) is 9.59 Å². The molecule has 0 unspecified atom stereocenters. The van der Waals surface area contributed by atoms with Gasteiger partial charge < -0.3 is 24.2 Å². The van der Waals surface area contributed by atoms with E-state index in [1.54, 1.807) is 0 Å². The third-order valence-corrected chi connectivity index (χ3v) is 2.04. The van der Waals surface area contributed by atoms with E-state index in [1.807, 2.05) is 0 Å². The lowest BCUT2D eigenvalue weighted by Crippen LogP contribution is -2.21. The molecule has 0 atom stereocenters. The normalized spacial score (nSPS) is 9.56. The van der Waals surface area contributed by atoms with Gasteiger partial charge in [-0.2, -0.15) is 0 Å². The summed E-state index contributed by atoms with van der Waals surface area (Å²) in [7, 11) is 0.294. The molecule has 0 fully saturated rings. The summed E-state index contributed by atoms with van der Waals surface area (Å²) in [6.07, 6.45) is 0. The summed E-state index contributed by atoms with van der Waals surface area (Å²) in [5.74, 6) is -1.49. The lowest BCUT2D eigenvalue weighted by molar-refractivity contribution is 0.0555. The molecule has 0 aliphatic rings. The van der Waals surface area contributed by atoms with Gasteiger partial charge in [0.05, 0.1) is 25.3 Å². The SMILES string of the molecule is COC(=O)c1ccc(OB(O)O)cc1C(=O)OC. The Hall–Kier alpha value is -2.06. The fraction of sp³-hybridized carbons (Fsp3) is 0.200. The monoisotopic (exact) mass is 254 g/mol. The van der Waals surface area contributed by atoms with Gasteiger partial charge in [0, 0.05) is 0 Å². The minimum atomic E-state index is -2.03. The van der Waals surface area contributed by atoms with Gasteiger partial charge in [0.1, 0.15) is 5.75 Å². The summed E-state index contributed by atoms with van der Waals surface area (Å²) in [6, 6.07) is 3.70. The molecule has 0 aliphatic heterocycles. The number of esters is 2. The van der Waals surface area contributed by atoms with Gasteiger partial charge in [-0.1, -0.05) is 0 Å². The number of methoxy groups -OCH3 is 2. The quantitative estimate of drug-likeness (QED) is 0.557. The highest BCUT2D eigenvalue weighted by atomic mass is 16.6. The maximum atomic E-state index is 11.5. The predicted molar refractivity (Wildman–Crippen MR) is 59.9 cm³/mol. The van der Waals surface area contributed by atoms with Crippen LogP contribution in [0.3, 0.4) is 0 Å². The van der Waals surface area contributed by atoms with Crippen molar-refractivity contribution in [3.8, 4) is 5.75 Å². The molecule has 0 aromatic heterocycles. The van der Waals surface area contributed by atoms with E-state index in [0.29, 0.717) is 0 Å². The first kappa shape index (κ1) is 14.0. The second-order valence-electron chi connectivity index (χ2n) is 3.13. The van der Waals surface area contributed by atoms with Crippen LogP contribution in [0.4, 0.5) is 0 Å². The highest BCUT2D eigenvalue weighted by molar-refractivity contribution is 6.33. The number of carbonyl (C=O) groups excluding carboxylic acids is 2. The van der Waals surface area contributed by atoms with Gasteiger partial charge in [-0.3, -0.25) is 0 Å². The van der Waals surface area contributed by atoms with Crippen molar-refractivity contribution in [2.75, 3.05) is 14.2 Å².